The van der Waals surface area contributed by atoms with E-state index in [1.165, 1.54) is 141 Å². The highest BCUT2D eigenvalue weighted by Crippen LogP contribution is 2.42. The summed E-state index contributed by atoms with van der Waals surface area (Å²) in [5.74, 6) is 0. The van der Waals surface area contributed by atoms with Crippen LogP contribution in [-0.4, -0.2) is 0 Å². The first-order valence-corrected chi connectivity index (χ1v) is 13.2. The van der Waals surface area contributed by atoms with Crippen molar-refractivity contribution < 1.29 is 0 Å². The molecule has 0 fully saturated rings. The molecule has 0 rings (SSSR count). The van der Waals surface area contributed by atoms with Gasteiger partial charge in [0.25, 0.3) is 0 Å². The summed E-state index contributed by atoms with van der Waals surface area (Å²) in [6, 6.07) is 0. The molecule has 0 nitrogen and oxygen atoms in total. The fourth-order valence-electron chi connectivity index (χ4n) is 4.79. The average molecular weight is 381 g/mol. The molecule has 0 radical (unpaired) electrons. The van der Waals surface area contributed by atoms with Gasteiger partial charge in [-0.2, -0.15) is 0 Å². The largest absolute Gasteiger partial charge is 0.0654 e. The van der Waals surface area contributed by atoms with E-state index in [1.807, 2.05) is 0 Å². The van der Waals surface area contributed by atoms with Crippen LogP contribution in [0.4, 0.5) is 0 Å². The van der Waals surface area contributed by atoms with Crippen LogP contribution in [0.25, 0.3) is 0 Å². The summed E-state index contributed by atoms with van der Waals surface area (Å²) >= 11 is 0. The van der Waals surface area contributed by atoms with Gasteiger partial charge in [0.15, 0.2) is 0 Å². The predicted octanol–water partition coefficient (Wildman–Crippen LogP) is 10.6. The van der Waals surface area contributed by atoms with Gasteiger partial charge in [-0.05, 0) is 31.1 Å². The molecule has 27 heavy (non-hydrogen) atoms. The van der Waals surface area contributed by atoms with Crippen LogP contribution in [-0.2, 0) is 0 Å². The zero-order valence-corrected chi connectivity index (χ0v) is 20.1. The first-order valence-electron chi connectivity index (χ1n) is 13.2. The standard InChI is InChI=1S/C27H56/c1-5-9-13-16-18-21-25-27(23-12-8-4,24-20-15-11-7-3)26-22-19-17-14-10-6-2/h5-26H2,1-4H3. The van der Waals surface area contributed by atoms with Crippen LogP contribution < -0.4 is 0 Å². The highest BCUT2D eigenvalue weighted by Gasteiger charge is 2.27. The number of rotatable bonds is 22. The number of unbranched alkanes of at least 4 members (excludes halogenated alkanes) is 14. The van der Waals surface area contributed by atoms with E-state index < -0.39 is 0 Å². The Bertz CT molecular complexity index is 251. The lowest BCUT2D eigenvalue weighted by molar-refractivity contribution is 0.173. The topological polar surface area (TPSA) is 0 Å². The van der Waals surface area contributed by atoms with Crippen molar-refractivity contribution in [2.24, 2.45) is 5.41 Å². The fraction of sp³-hybridized carbons (Fsp3) is 1.00. The van der Waals surface area contributed by atoms with Crippen molar-refractivity contribution in [2.45, 2.75) is 169 Å². The molecule has 0 N–H and O–H groups in total. The molecule has 0 spiro atoms. The first-order chi connectivity index (χ1) is 13.2. The molecule has 0 amide bonds. The molecular formula is C27H56. The van der Waals surface area contributed by atoms with Crippen molar-refractivity contribution in [3.63, 3.8) is 0 Å². The molecule has 0 heteroatoms. The van der Waals surface area contributed by atoms with Crippen LogP contribution in [0.5, 0.6) is 0 Å². The van der Waals surface area contributed by atoms with Crippen molar-refractivity contribution in [2.75, 3.05) is 0 Å². The Hall–Kier alpha value is 0. The van der Waals surface area contributed by atoms with E-state index in [9.17, 15) is 0 Å². The SMILES string of the molecule is CCCCCCCCC(CCCC)(CCCCCC)CCCCCCCC. The first kappa shape index (κ1) is 27.0. The van der Waals surface area contributed by atoms with Gasteiger partial charge in [0.1, 0.15) is 0 Å². The Balaban J connectivity index is 4.49. The molecule has 0 heterocycles. The summed E-state index contributed by atoms with van der Waals surface area (Å²) in [6.07, 6.45) is 32.2. The van der Waals surface area contributed by atoms with Gasteiger partial charge in [-0.25, -0.2) is 0 Å². The van der Waals surface area contributed by atoms with Gasteiger partial charge in [0.2, 0.25) is 0 Å². The van der Waals surface area contributed by atoms with Crippen LogP contribution in [0.1, 0.15) is 169 Å². The molecule has 0 aromatic rings. The van der Waals surface area contributed by atoms with Gasteiger partial charge in [0.05, 0.1) is 0 Å². The normalized spacial score (nSPS) is 12.0. The maximum absolute atomic E-state index is 2.39. The fourth-order valence-corrected chi connectivity index (χ4v) is 4.79. The molecule has 0 aromatic heterocycles. The van der Waals surface area contributed by atoms with Gasteiger partial charge < -0.3 is 0 Å². The van der Waals surface area contributed by atoms with Gasteiger partial charge >= 0.3 is 0 Å². The average Bonchev–Trinajstić information content (AvgIpc) is 2.69. The Morgan fingerprint density at radius 2 is 0.556 bits per heavy atom. The molecule has 164 valence electrons. The smallest absolute Gasteiger partial charge is 0.0297 e. The molecule has 0 bridgehead atoms. The highest BCUT2D eigenvalue weighted by atomic mass is 14.3. The van der Waals surface area contributed by atoms with Crippen molar-refractivity contribution in [1.29, 1.82) is 0 Å². The molecule has 0 aliphatic carbocycles. The third kappa shape index (κ3) is 16.6. The Morgan fingerprint density at radius 3 is 0.926 bits per heavy atom. The monoisotopic (exact) mass is 380 g/mol. The Kier molecular flexibility index (Phi) is 20.7. The quantitative estimate of drug-likeness (QED) is 0.164. The maximum Gasteiger partial charge on any atom is -0.0297 e. The van der Waals surface area contributed by atoms with E-state index in [1.54, 1.807) is 0 Å². The van der Waals surface area contributed by atoms with Crippen LogP contribution in [0.3, 0.4) is 0 Å². The number of hydrogen-bond donors (Lipinski definition) is 0. The van der Waals surface area contributed by atoms with Crippen LogP contribution >= 0.6 is 0 Å². The lowest BCUT2D eigenvalue weighted by Gasteiger charge is -2.35. The summed E-state index contributed by atoms with van der Waals surface area (Å²) in [4.78, 5) is 0. The second kappa shape index (κ2) is 20.7. The third-order valence-electron chi connectivity index (χ3n) is 6.74. The minimum atomic E-state index is 0.694. The van der Waals surface area contributed by atoms with E-state index in [4.69, 9.17) is 0 Å². The van der Waals surface area contributed by atoms with Crippen LogP contribution in [0.2, 0.25) is 0 Å². The minimum Gasteiger partial charge on any atom is -0.0654 e. The van der Waals surface area contributed by atoms with Crippen LogP contribution in [0.15, 0.2) is 0 Å². The van der Waals surface area contributed by atoms with Crippen molar-refractivity contribution in [3.8, 4) is 0 Å². The number of hydrogen-bond acceptors (Lipinski definition) is 0. The Morgan fingerprint density at radius 1 is 0.296 bits per heavy atom. The minimum absolute atomic E-state index is 0.694. The van der Waals surface area contributed by atoms with Crippen molar-refractivity contribution >= 4 is 0 Å². The molecule has 0 aliphatic rings. The molecule has 0 aliphatic heterocycles. The second-order valence-corrected chi connectivity index (χ2v) is 9.45. The van der Waals surface area contributed by atoms with E-state index in [2.05, 4.69) is 27.7 Å². The molecule has 0 unspecified atom stereocenters. The lowest BCUT2D eigenvalue weighted by Crippen LogP contribution is -2.21. The summed E-state index contributed by atoms with van der Waals surface area (Å²) in [5.41, 5.74) is 0.694. The summed E-state index contributed by atoms with van der Waals surface area (Å²) in [6.45, 7) is 9.38. The van der Waals surface area contributed by atoms with E-state index in [0.29, 0.717) is 5.41 Å². The Labute approximate surface area is 174 Å². The zero-order valence-electron chi connectivity index (χ0n) is 20.1. The van der Waals surface area contributed by atoms with Gasteiger partial charge in [-0.1, -0.05) is 143 Å². The van der Waals surface area contributed by atoms with Gasteiger partial charge in [0, 0.05) is 0 Å². The van der Waals surface area contributed by atoms with Crippen molar-refractivity contribution in [3.05, 3.63) is 0 Å². The summed E-state index contributed by atoms with van der Waals surface area (Å²) < 4.78 is 0. The molecular weight excluding hydrogens is 324 g/mol. The molecule has 0 aromatic carbocycles. The van der Waals surface area contributed by atoms with E-state index in [-0.39, 0.29) is 0 Å². The van der Waals surface area contributed by atoms with E-state index in [0.717, 1.165) is 0 Å². The lowest BCUT2D eigenvalue weighted by atomic mass is 9.70. The highest BCUT2D eigenvalue weighted by molar-refractivity contribution is 4.80. The summed E-state index contributed by atoms with van der Waals surface area (Å²) in [7, 11) is 0. The summed E-state index contributed by atoms with van der Waals surface area (Å²) in [5, 5.41) is 0. The zero-order chi connectivity index (χ0) is 20.1. The van der Waals surface area contributed by atoms with Gasteiger partial charge in [-0.3, -0.25) is 0 Å². The molecule has 0 saturated carbocycles. The molecule has 0 saturated heterocycles. The van der Waals surface area contributed by atoms with E-state index >= 15 is 0 Å². The second-order valence-electron chi connectivity index (χ2n) is 9.45. The maximum atomic E-state index is 2.39. The van der Waals surface area contributed by atoms with Gasteiger partial charge in [-0.15, -0.1) is 0 Å². The third-order valence-corrected chi connectivity index (χ3v) is 6.74. The predicted molar refractivity (Wildman–Crippen MR) is 127 cm³/mol. The van der Waals surface area contributed by atoms with Crippen molar-refractivity contribution in [1.82, 2.24) is 0 Å². The molecule has 0 atom stereocenters. The van der Waals surface area contributed by atoms with Crippen LogP contribution in [0, 0.1) is 5.41 Å².